The highest BCUT2D eigenvalue weighted by atomic mass is 32.2. The van der Waals surface area contributed by atoms with Gasteiger partial charge in [-0.3, -0.25) is 0 Å². The van der Waals surface area contributed by atoms with Crippen LogP contribution in [0, 0.1) is 0 Å². The molecule has 0 spiro atoms. The third-order valence-corrected chi connectivity index (χ3v) is 5.89. The molecule has 0 fully saturated rings. The SMILES string of the molecule is CCS(=O)(=O)c1ccc(-n2cncn2)nc1-c1nc2cc(C(F)(F)F)ccc2o1. The second kappa shape index (κ2) is 6.65. The highest BCUT2D eigenvalue weighted by Crippen LogP contribution is 2.34. The van der Waals surface area contributed by atoms with E-state index >= 15 is 0 Å². The Morgan fingerprint density at radius 1 is 1.14 bits per heavy atom. The van der Waals surface area contributed by atoms with Gasteiger partial charge in [-0.1, -0.05) is 6.92 Å². The van der Waals surface area contributed by atoms with Crippen LogP contribution in [0.5, 0.6) is 0 Å². The first-order chi connectivity index (χ1) is 13.7. The summed E-state index contributed by atoms with van der Waals surface area (Å²) in [7, 11) is -3.72. The maximum absolute atomic E-state index is 13.0. The van der Waals surface area contributed by atoms with Crippen LogP contribution in [0.1, 0.15) is 12.5 Å². The maximum atomic E-state index is 13.0. The lowest BCUT2D eigenvalue weighted by molar-refractivity contribution is -0.137. The van der Waals surface area contributed by atoms with E-state index in [0.717, 1.165) is 18.2 Å². The fourth-order valence-corrected chi connectivity index (χ4v) is 3.67. The van der Waals surface area contributed by atoms with Gasteiger partial charge < -0.3 is 4.42 Å². The molecule has 0 saturated heterocycles. The van der Waals surface area contributed by atoms with Crippen molar-refractivity contribution in [2.24, 2.45) is 0 Å². The summed E-state index contributed by atoms with van der Waals surface area (Å²) in [6.07, 6.45) is -1.91. The summed E-state index contributed by atoms with van der Waals surface area (Å²) in [6, 6.07) is 5.58. The smallest absolute Gasteiger partial charge is 0.416 e. The second-order valence-corrected chi connectivity index (χ2v) is 8.21. The fraction of sp³-hybridized carbons (Fsp3) is 0.176. The standard InChI is InChI=1S/C17H12F3N5O3S/c1-2-29(26,27)13-5-6-14(25-9-21-8-22-25)24-15(13)16-23-11-7-10(17(18,19)20)3-4-12(11)28-16/h3-9H,2H2,1H3. The molecule has 1 aromatic carbocycles. The summed E-state index contributed by atoms with van der Waals surface area (Å²) in [4.78, 5) is 12.0. The Bertz CT molecular complexity index is 1300. The average molecular weight is 423 g/mol. The molecule has 29 heavy (non-hydrogen) atoms. The minimum atomic E-state index is -4.55. The number of alkyl halides is 3. The number of pyridine rings is 1. The van der Waals surface area contributed by atoms with Crippen molar-refractivity contribution in [1.82, 2.24) is 24.7 Å². The molecule has 0 aliphatic heterocycles. The molecule has 0 aliphatic rings. The molecule has 12 heteroatoms. The molecule has 0 radical (unpaired) electrons. The Labute approximate surface area is 162 Å². The van der Waals surface area contributed by atoms with Gasteiger partial charge in [-0.25, -0.2) is 28.1 Å². The van der Waals surface area contributed by atoms with Gasteiger partial charge in [-0.05, 0) is 30.3 Å². The zero-order chi connectivity index (χ0) is 20.8. The predicted octanol–water partition coefficient (Wildman–Crippen LogP) is 3.28. The Kier molecular flexibility index (Phi) is 4.37. The summed E-state index contributed by atoms with van der Waals surface area (Å²) < 4.78 is 70.7. The lowest BCUT2D eigenvalue weighted by Crippen LogP contribution is -2.09. The number of benzene rings is 1. The quantitative estimate of drug-likeness (QED) is 0.496. The van der Waals surface area contributed by atoms with Gasteiger partial charge in [-0.15, -0.1) is 0 Å². The number of rotatable bonds is 4. The lowest BCUT2D eigenvalue weighted by Gasteiger charge is -2.08. The largest absolute Gasteiger partial charge is 0.435 e. The molecule has 8 nitrogen and oxygen atoms in total. The predicted molar refractivity (Wildman–Crippen MR) is 94.9 cm³/mol. The number of halogens is 3. The second-order valence-electron chi connectivity index (χ2n) is 5.96. The first-order valence-electron chi connectivity index (χ1n) is 8.26. The van der Waals surface area contributed by atoms with Crippen LogP contribution < -0.4 is 0 Å². The number of hydrogen-bond donors (Lipinski definition) is 0. The molecule has 150 valence electrons. The van der Waals surface area contributed by atoms with Gasteiger partial charge in [0.25, 0.3) is 0 Å². The molecule has 0 atom stereocenters. The van der Waals surface area contributed by atoms with E-state index in [1.165, 1.54) is 36.4 Å². The number of oxazole rings is 1. The van der Waals surface area contributed by atoms with Crippen LogP contribution in [-0.2, 0) is 16.0 Å². The van der Waals surface area contributed by atoms with Crippen molar-refractivity contribution in [2.45, 2.75) is 18.0 Å². The van der Waals surface area contributed by atoms with E-state index in [-0.39, 0.29) is 39.2 Å². The maximum Gasteiger partial charge on any atom is 0.416 e. The highest BCUT2D eigenvalue weighted by molar-refractivity contribution is 7.91. The number of sulfone groups is 1. The van der Waals surface area contributed by atoms with Gasteiger partial charge in [0.15, 0.2) is 21.2 Å². The Hall–Kier alpha value is -3.28. The van der Waals surface area contributed by atoms with Crippen molar-refractivity contribution in [3.63, 3.8) is 0 Å². The minimum Gasteiger partial charge on any atom is -0.435 e. The van der Waals surface area contributed by atoms with Gasteiger partial charge in [0, 0.05) is 0 Å². The van der Waals surface area contributed by atoms with Gasteiger partial charge in [0.1, 0.15) is 23.9 Å². The molecular formula is C17H12F3N5O3S. The Morgan fingerprint density at radius 2 is 1.93 bits per heavy atom. The molecule has 3 aromatic heterocycles. The Balaban J connectivity index is 1.93. The number of nitrogens with zero attached hydrogens (tertiary/aromatic N) is 5. The molecule has 0 N–H and O–H groups in total. The summed E-state index contributed by atoms with van der Waals surface area (Å²) >= 11 is 0. The van der Waals surface area contributed by atoms with E-state index < -0.39 is 21.6 Å². The van der Waals surface area contributed by atoms with Crippen LogP contribution in [0.2, 0.25) is 0 Å². The molecule has 0 amide bonds. The van der Waals surface area contributed by atoms with Crippen molar-refractivity contribution in [3.05, 3.63) is 48.5 Å². The number of fused-ring (bicyclic) bond motifs is 1. The topological polar surface area (TPSA) is 104 Å². The van der Waals surface area contributed by atoms with E-state index in [4.69, 9.17) is 4.42 Å². The van der Waals surface area contributed by atoms with Crippen LogP contribution in [0.25, 0.3) is 28.5 Å². The van der Waals surface area contributed by atoms with Crippen LogP contribution in [-0.4, -0.2) is 38.9 Å². The normalized spacial score (nSPS) is 12.6. The molecule has 3 heterocycles. The van der Waals surface area contributed by atoms with Crippen LogP contribution in [0.4, 0.5) is 13.2 Å². The molecule has 4 rings (SSSR count). The highest BCUT2D eigenvalue weighted by Gasteiger charge is 2.31. The molecule has 0 aliphatic carbocycles. The summed E-state index contributed by atoms with van der Waals surface area (Å²) in [5.41, 5.74) is -1.01. The van der Waals surface area contributed by atoms with Crippen molar-refractivity contribution < 1.29 is 26.0 Å². The molecule has 0 saturated carbocycles. The van der Waals surface area contributed by atoms with Crippen LogP contribution in [0.15, 0.2) is 52.3 Å². The van der Waals surface area contributed by atoms with E-state index in [1.54, 1.807) is 0 Å². The van der Waals surface area contributed by atoms with Crippen molar-refractivity contribution in [2.75, 3.05) is 5.75 Å². The lowest BCUT2D eigenvalue weighted by atomic mass is 10.2. The van der Waals surface area contributed by atoms with Gasteiger partial charge in [0.05, 0.1) is 16.2 Å². The van der Waals surface area contributed by atoms with Crippen molar-refractivity contribution >= 4 is 20.9 Å². The molecular weight excluding hydrogens is 411 g/mol. The average Bonchev–Trinajstić information content (AvgIpc) is 3.36. The van der Waals surface area contributed by atoms with E-state index in [9.17, 15) is 21.6 Å². The van der Waals surface area contributed by atoms with E-state index in [1.807, 2.05) is 0 Å². The molecule has 0 unspecified atom stereocenters. The van der Waals surface area contributed by atoms with Crippen LogP contribution >= 0.6 is 0 Å². The first kappa shape index (κ1) is 19.1. The van der Waals surface area contributed by atoms with Gasteiger partial charge in [-0.2, -0.15) is 18.3 Å². The zero-order valence-electron chi connectivity index (χ0n) is 14.8. The summed E-state index contributed by atoms with van der Waals surface area (Å²) in [6.45, 7) is 1.46. The van der Waals surface area contributed by atoms with E-state index in [2.05, 4.69) is 20.1 Å². The number of aromatic nitrogens is 5. The van der Waals surface area contributed by atoms with Gasteiger partial charge in [0.2, 0.25) is 5.89 Å². The third kappa shape index (κ3) is 3.46. The summed E-state index contributed by atoms with van der Waals surface area (Å²) in [5, 5.41) is 3.93. The zero-order valence-corrected chi connectivity index (χ0v) is 15.6. The fourth-order valence-electron chi connectivity index (χ4n) is 2.65. The first-order valence-corrected chi connectivity index (χ1v) is 9.91. The minimum absolute atomic E-state index is 0.0670. The van der Waals surface area contributed by atoms with Crippen LogP contribution in [0.3, 0.4) is 0 Å². The molecule has 0 bridgehead atoms. The number of hydrogen-bond acceptors (Lipinski definition) is 7. The molecule has 4 aromatic rings. The third-order valence-electron chi connectivity index (χ3n) is 4.13. The van der Waals surface area contributed by atoms with E-state index in [0.29, 0.717) is 0 Å². The van der Waals surface area contributed by atoms with Gasteiger partial charge >= 0.3 is 6.18 Å². The monoisotopic (exact) mass is 423 g/mol. The summed E-state index contributed by atoms with van der Waals surface area (Å²) in [5.74, 6) is -0.179. The van der Waals surface area contributed by atoms with Crippen molar-refractivity contribution in [1.29, 1.82) is 0 Å². The van der Waals surface area contributed by atoms with Crippen molar-refractivity contribution in [3.8, 4) is 17.4 Å². The Morgan fingerprint density at radius 3 is 2.59 bits per heavy atom.